The van der Waals surface area contributed by atoms with Gasteiger partial charge >= 0.3 is 0 Å². The van der Waals surface area contributed by atoms with Gasteiger partial charge in [-0.25, -0.2) is 0 Å². The number of Topliss-reactive ketones (excluding diaryl/α,β-unsaturated/α-hetero) is 1. The number of nitrogens with zero attached hydrogens (tertiary/aromatic N) is 1. The SMILES string of the molecule is CC(=O)c1ccc(NC(=O)c2ccnc(C(=O)NCCc3ccccc3)c2)cc1. The monoisotopic (exact) mass is 387 g/mol. The lowest BCUT2D eigenvalue weighted by Gasteiger charge is -2.08. The Morgan fingerprint density at radius 3 is 2.28 bits per heavy atom. The van der Waals surface area contributed by atoms with Crippen LogP contribution in [0.25, 0.3) is 0 Å². The molecule has 0 fully saturated rings. The van der Waals surface area contributed by atoms with Gasteiger partial charge in [-0.15, -0.1) is 0 Å². The number of anilines is 1. The third kappa shape index (κ3) is 5.59. The Morgan fingerprint density at radius 1 is 0.862 bits per heavy atom. The first-order chi connectivity index (χ1) is 14.0. The lowest BCUT2D eigenvalue weighted by molar-refractivity contribution is 0.0948. The van der Waals surface area contributed by atoms with Crippen molar-refractivity contribution in [3.05, 3.63) is 95.3 Å². The van der Waals surface area contributed by atoms with Gasteiger partial charge in [0.25, 0.3) is 11.8 Å². The highest BCUT2D eigenvalue weighted by molar-refractivity contribution is 6.06. The molecule has 3 rings (SSSR count). The number of hydrogen-bond donors (Lipinski definition) is 2. The fraction of sp³-hybridized carbons (Fsp3) is 0.130. The minimum Gasteiger partial charge on any atom is -0.350 e. The van der Waals surface area contributed by atoms with E-state index in [2.05, 4.69) is 15.6 Å². The predicted molar refractivity (Wildman–Crippen MR) is 111 cm³/mol. The third-order valence-corrected chi connectivity index (χ3v) is 4.35. The molecule has 2 N–H and O–H groups in total. The van der Waals surface area contributed by atoms with Crippen molar-refractivity contribution in [2.75, 3.05) is 11.9 Å². The van der Waals surface area contributed by atoms with Crippen molar-refractivity contribution >= 4 is 23.3 Å². The van der Waals surface area contributed by atoms with Gasteiger partial charge in [-0.1, -0.05) is 30.3 Å². The van der Waals surface area contributed by atoms with Crippen molar-refractivity contribution in [3.63, 3.8) is 0 Å². The van der Waals surface area contributed by atoms with Gasteiger partial charge in [0.1, 0.15) is 5.69 Å². The summed E-state index contributed by atoms with van der Waals surface area (Å²) < 4.78 is 0. The van der Waals surface area contributed by atoms with E-state index < -0.39 is 0 Å². The number of rotatable bonds is 7. The van der Waals surface area contributed by atoms with Crippen LogP contribution in [0.15, 0.2) is 72.9 Å². The van der Waals surface area contributed by atoms with Crippen LogP contribution in [0.1, 0.15) is 43.7 Å². The number of pyridine rings is 1. The van der Waals surface area contributed by atoms with Gasteiger partial charge in [-0.05, 0) is 55.3 Å². The molecule has 1 heterocycles. The molecular formula is C23H21N3O3. The molecule has 2 amide bonds. The highest BCUT2D eigenvalue weighted by Gasteiger charge is 2.12. The topological polar surface area (TPSA) is 88.2 Å². The molecule has 2 aromatic carbocycles. The largest absolute Gasteiger partial charge is 0.350 e. The highest BCUT2D eigenvalue weighted by Crippen LogP contribution is 2.12. The number of hydrogen-bond acceptors (Lipinski definition) is 4. The normalized spacial score (nSPS) is 10.2. The fourth-order valence-electron chi connectivity index (χ4n) is 2.74. The summed E-state index contributed by atoms with van der Waals surface area (Å²) in [6.07, 6.45) is 2.14. The molecule has 0 aliphatic carbocycles. The van der Waals surface area contributed by atoms with Crippen LogP contribution in [0, 0.1) is 0 Å². The van der Waals surface area contributed by atoms with E-state index in [9.17, 15) is 14.4 Å². The summed E-state index contributed by atoms with van der Waals surface area (Å²) in [6.45, 7) is 1.96. The molecule has 6 heteroatoms. The number of benzene rings is 2. The van der Waals surface area contributed by atoms with Crippen LogP contribution < -0.4 is 10.6 Å². The van der Waals surface area contributed by atoms with Crippen LogP contribution >= 0.6 is 0 Å². The number of ketones is 1. The molecule has 6 nitrogen and oxygen atoms in total. The van der Waals surface area contributed by atoms with Gasteiger partial charge in [0.15, 0.2) is 5.78 Å². The zero-order valence-corrected chi connectivity index (χ0v) is 16.0. The van der Waals surface area contributed by atoms with Crippen molar-refractivity contribution in [3.8, 4) is 0 Å². The molecule has 0 bridgehead atoms. The van der Waals surface area contributed by atoms with Crippen LogP contribution in [0.4, 0.5) is 5.69 Å². The smallest absolute Gasteiger partial charge is 0.269 e. The first-order valence-corrected chi connectivity index (χ1v) is 9.23. The van der Waals surface area contributed by atoms with Crippen molar-refractivity contribution in [1.29, 1.82) is 0 Å². The molecule has 3 aromatic rings. The van der Waals surface area contributed by atoms with Gasteiger partial charge < -0.3 is 10.6 Å². The third-order valence-electron chi connectivity index (χ3n) is 4.35. The van der Waals surface area contributed by atoms with E-state index in [1.807, 2.05) is 30.3 Å². The Morgan fingerprint density at radius 2 is 1.59 bits per heavy atom. The van der Waals surface area contributed by atoms with E-state index in [0.717, 1.165) is 5.56 Å². The number of nitrogens with one attached hydrogen (secondary N) is 2. The van der Waals surface area contributed by atoms with E-state index in [0.29, 0.717) is 29.8 Å². The van der Waals surface area contributed by atoms with Gasteiger partial charge in [-0.2, -0.15) is 0 Å². The summed E-state index contributed by atoms with van der Waals surface area (Å²) in [7, 11) is 0. The average molecular weight is 387 g/mol. The summed E-state index contributed by atoms with van der Waals surface area (Å²) in [5.41, 5.74) is 2.76. The maximum absolute atomic E-state index is 12.5. The molecule has 0 saturated carbocycles. The molecule has 29 heavy (non-hydrogen) atoms. The molecule has 1 aromatic heterocycles. The van der Waals surface area contributed by atoms with Gasteiger partial charge in [0, 0.05) is 29.6 Å². The predicted octanol–water partition coefficient (Wildman–Crippen LogP) is 3.51. The molecule has 0 aliphatic rings. The number of carbonyl (C=O) groups is 3. The van der Waals surface area contributed by atoms with E-state index in [4.69, 9.17) is 0 Å². The number of aromatic nitrogens is 1. The zero-order valence-electron chi connectivity index (χ0n) is 16.0. The van der Waals surface area contributed by atoms with E-state index >= 15 is 0 Å². The van der Waals surface area contributed by atoms with Crippen molar-refractivity contribution < 1.29 is 14.4 Å². The van der Waals surface area contributed by atoms with Crippen LogP contribution in [0.5, 0.6) is 0 Å². The Kier molecular flexibility index (Phi) is 6.47. The van der Waals surface area contributed by atoms with Crippen LogP contribution in [-0.4, -0.2) is 29.1 Å². The van der Waals surface area contributed by atoms with Gasteiger partial charge in [0.2, 0.25) is 0 Å². The molecule has 0 atom stereocenters. The lowest BCUT2D eigenvalue weighted by Crippen LogP contribution is -2.27. The number of carbonyl (C=O) groups excluding carboxylic acids is 3. The highest BCUT2D eigenvalue weighted by atomic mass is 16.2. The second kappa shape index (κ2) is 9.41. The van der Waals surface area contributed by atoms with Gasteiger partial charge in [0.05, 0.1) is 0 Å². The summed E-state index contributed by atoms with van der Waals surface area (Å²) in [5.74, 6) is -0.734. The number of amides is 2. The molecule has 0 spiro atoms. The molecule has 0 radical (unpaired) electrons. The first-order valence-electron chi connectivity index (χ1n) is 9.23. The second-order valence-corrected chi connectivity index (χ2v) is 6.51. The summed E-state index contributed by atoms with van der Waals surface area (Å²) in [6, 6.07) is 19.5. The summed E-state index contributed by atoms with van der Waals surface area (Å²) in [4.78, 5) is 40.2. The van der Waals surface area contributed by atoms with E-state index in [-0.39, 0.29) is 23.3 Å². The minimum atomic E-state index is -0.360. The van der Waals surface area contributed by atoms with Crippen LogP contribution in [0.2, 0.25) is 0 Å². The average Bonchev–Trinajstić information content (AvgIpc) is 2.75. The van der Waals surface area contributed by atoms with Crippen molar-refractivity contribution in [2.45, 2.75) is 13.3 Å². The Hall–Kier alpha value is -3.80. The summed E-state index contributed by atoms with van der Waals surface area (Å²) in [5, 5.41) is 5.56. The van der Waals surface area contributed by atoms with Crippen molar-refractivity contribution in [2.24, 2.45) is 0 Å². The quantitative estimate of drug-likeness (QED) is 0.607. The molecular weight excluding hydrogens is 366 g/mol. The minimum absolute atomic E-state index is 0.0417. The lowest BCUT2D eigenvalue weighted by atomic mass is 10.1. The van der Waals surface area contributed by atoms with Gasteiger partial charge in [-0.3, -0.25) is 19.4 Å². The summed E-state index contributed by atoms with van der Waals surface area (Å²) >= 11 is 0. The van der Waals surface area contributed by atoms with E-state index in [1.54, 1.807) is 30.3 Å². The molecule has 0 saturated heterocycles. The molecule has 0 unspecified atom stereocenters. The van der Waals surface area contributed by atoms with Crippen LogP contribution in [-0.2, 0) is 6.42 Å². The second-order valence-electron chi connectivity index (χ2n) is 6.51. The Bertz CT molecular complexity index is 1020. The molecule has 0 aliphatic heterocycles. The fourth-order valence-corrected chi connectivity index (χ4v) is 2.74. The first kappa shape index (κ1) is 19.9. The van der Waals surface area contributed by atoms with E-state index in [1.165, 1.54) is 19.2 Å². The maximum Gasteiger partial charge on any atom is 0.269 e. The molecule has 146 valence electrons. The maximum atomic E-state index is 12.5. The van der Waals surface area contributed by atoms with Crippen LogP contribution in [0.3, 0.4) is 0 Å². The van der Waals surface area contributed by atoms with Crippen molar-refractivity contribution in [1.82, 2.24) is 10.3 Å². The zero-order chi connectivity index (χ0) is 20.6. The Balaban J connectivity index is 1.59. The standard InChI is InChI=1S/C23H21N3O3/c1-16(27)18-7-9-20(10-8-18)26-22(28)19-12-14-24-21(15-19)23(29)25-13-11-17-5-3-2-4-6-17/h2-10,12,14-15H,11,13H2,1H3,(H,25,29)(H,26,28). The Labute approximate surface area is 169 Å².